The van der Waals surface area contributed by atoms with E-state index in [1.165, 1.54) is 0 Å². The summed E-state index contributed by atoms with van der Waals surface area (Å²) in [6.07, 6.45) is -23.8. The maximum atomic E-state index is 13.8. The minimum atomic E-state index is -6.77. The van der Waals surface area contributed by atoms with Crippen molar-refractivity contribution in [3.63, 3.8) is 0 Å². The van der Waals surface area contributed by atoms with E-state index in [4.69, 9.17) is 0 Å². The molecular weight excluding hydrogens is 481 g/mol. The number of hydrogen-bond acceptors (Lipinski definition) is 3. The molecule has 0 spiro atoms. The van der Waals surface area contributed by atoms with Crippen LogP contribution in [-0.2, 0) is 10.0 Å². The highest BCUT2D eigenvalue weighted by molar-refractivity contribution is 7.89. The third-order valence-electron chi connectivity index (χ3n) is 4.18. The van der Waals surface area contributed by atoms with Gasteiger partial charge in [-0.15, -0.1) is 0 Å². The standard InChI is InChI=1S/C15H23F11N2O2S/c1-28(2)6-3-5-27-31(29,30)7-4-10(11(16)17)8-12(18,19)9-13(20,14(21,22)23)15(24,25)26/h10-11,27H,3-9H2,1-2H3. The summed E-state index contributed by atoms with van der Waals surface area (Å²) < 4.78 is 167. The SMILES string of the molecule is CN(C)CCCNS(=O)(=O)CCC(CC(F)(F)CC(F)(C(F)(F)F)C(F)(F)F)C(F)F. The van der Waals surface area contributed by atoms with E-state index in [1.54, 1.807) is 19.0 Å². The first kappa shape index (κ1) is 30.1. The molecule has 0 amide bonds. The van der Waals surface area contributed by atoms with E-state index in [0.29, 0.717) is 13.0 Å². The van der Waals surface area contributed by atoms with Gasteiger partial charge in [0.2, 0.25) is 16.4 Å². The molecule has 0 heterocycles. The molecule has 1 unspecified atom stereocenters. The lowest BCUT2D eigenvalue weighted by molar-refractivity contribution is -0.355. The smallest absolute Gasteiger partial charge is 0.309 e. The van der Waals surface area contributed by atoms with Crippen molar-refractivity contribution in [2.45, 2.75) is 56.1 Å². The molecule has 4 nitrogen and oxygen atoms in total. The number of nitrogens with one attached hydrogen (secondary N) is 1. The summed E-state index contributed by atoms with van der Waals surface area (Å²) in [5.74, 6) is -8.86. The molecule has 0 aromatic heterocycles. The molecular formula is C15H23F11N2O2S. The molecule has 0 aliphatic heterocycles. The van der Waals surface area contributed by atoms with E-state index in [0.717, 1.165) is 0 Å². The highest BCUT2D eigenvalue weighted by Gasteiger charge is 2.74. The first-order valence-electron chi connectivity index (χ1n) is 8.74. The predicted octanol–water partition coefficient (Wildman–Crippen LogP) is 4.38. The second kappa shape index (κ2) is 10.8. The van der Waals surface area contributed by atoms with E-state index >= 15 is 0 Å². The zero-order valence-electron chi connectivity index (χ0n) is 16.4. The fraction of sp³-hybridized carbons (Fsp3) is 1.00. The Balaban J connectivity index is 5.20. The van der Waals surface area contributed by atoms with Crippen LogP contribution in [0.1, 0.15) is 25.7 Å². The minimum Gasteiger partial charge on any atom is -0.309 e. The summed E-state index contributed by atoms with van der Waals surface area (Å²) in [6.45, 7) is 0.343. The quantitative estimate of drug-likeness (QED) is 0.299. The average molecular weight is 504 g/mol. The normalized spacial score (nSPS) is 15.7. The lowest BCUT2D eigenvalue weighted by Gasteiger charge is -2.33. The number of sulfonamides is 1. The van der Waals surface area contributed by atoms with Gasteiger partial charge < -0.3 is 4.90 Å². The molecule has 0 bridgehead atoms. The van der Waals surface area contributed by atoms with E-state index in [9.17, 15) is 56.7 Å². The first-order chi connectivity index (χ1) is 13.6. The van der Waals surface area contributed by atoms with Gasteiger partial charge in [-0.3, -0.25) is 0 Å². The van der Waals surface area contributed by atoms with Crippen LogP contribution in [0.5, 0.6) is 0 Å². The Morgan fingerprint density at radius 1 is 0.903 bits per heavy atom. The fourth-order valence-electron chi connectivity index (χ4n) is 2.49. The van der Waals surface area contributed by atoms with Gasteiger partial charge in [0.05, 0.1) is 12.2 Å². The Bertz CT molecular complexity index is 634. The Kier molecular flexibility index (Phi) is 10.5. The Morgan fingerprint density at radius 2 is 1.39 bits per heavy atom. The number of rotatable bonds is 13. The second-order valence-corrected chi connectivity index (χ2v) is 9.21. The summed E-state index contributed by atoms with van der Waals surface area (Å²) in [5.41, 5.74) is -6.32. The third kappa shape index (κ3) is 10.1. The summed E-state index contributed by atoms with van der Waals surface area (Å²) in [6, 6.07) is 0. The van der Waals surface area contributed by atoms with Crippen LogP contribution in [0.4, 0.5) is 48.3 Å². The summed E-state index contributed by atoms with van der Waals surface area (Å²) in [5, 5.41) is 0. The molecule has 0 saturated heterocycles. The van der Waals surface area contributed by atoms with Gasteiger partial charge in [-0.2, -0.15) is 26.3 Å². The lowest BCUT2D eigenvalue weighted by atomic mass is 9.89. The van der Waals surface area contributed by atoms with Crippen LogP contribution in [0.15, 0.2) is 0 Å². The van der Waals surface area contributed by atoms with Crippen molar-refractivity contribution < 1.29 is 56.7 Å². The summed E-state index contributed by atoms with van der Waals surface area (Å²) in [7, 11) is -0.854. The second-order valence-electron chi connectivity index (χ2n) is 7.29. The topological polar surface area (TPSA) is 49.4 Å². The fourth-order valence-corrected chi connectivity index (χ4v) is 3.70. The van der Waals surface area contributed by atoms with Gasteiger partial charge >= 0.3 is 18.0 Å². The number of alkyl halides is 11. The van der Waals surface area contributed by atoms with Gasteiger partial charge in [-0.05, 0) is 33.5 Å². The number of hydrogen-bond donors (Lipinski definition) is 1. The van der Waals surface area contributed by atoms with Gasteiger partial charge in [0.1, 0.15) is 0 Å². The van der Waals surface area contributed by atoms with Crippen LogP contribution in [-0.4, -0.2) is 76.6 Å². The van der Waals surface area contributed by atoms with Crippen molar-refractivity contribution >= 4 is 10.0 Å². The van der Waals surface area contributed by atoms with E-state index in [1.807, 2.05) is 4.72 Å². The lowest BCUT2D eigenvalue weighted by Crippen LogP contribution is -2.56. The van der Waals surface area contributed by atoms with Crippen LogP contribution in [0.3, 0.4) is 0 Å². The van der Waals surface area contributed by atoms with E-state index in [2.05, 4.69) is 0 Å². The zero-order valence-corrected chi connectivity index (χ0v) is 17.3. The molecule has 0 saturated carbocycles. The highest BCUT2D eigenvalue weighted by atomic mass is 32.2. The summed E-state index contributed by atoms with van der Waals surface area (Å²) >= 11 is 0. The zero-order chi connectivity index (χ0) is 24.9. The van der Waals surface area contributed by atoms with Crippen LogP contribution < -0.4 is 4.72 Å². The van der Waals surface area contributed by atoms with Crippen molar-refractivity contribution in [2.75, 3.05) is 32.9 Å². The van der Waals surface area contributed by atoms with Gasteiger partial charge in [0.15, 0.2) is 0 Å². The van der Waals surface area contributed by atoms with Crippen molar-refractivity contribution in [3.8, 4) is 0 Å². The molecule has 0 radical (unpaired) electrons. The van der Waals surface area contributed by atoms with Gasteiger partial charge in [-0.25, -0.2) is 35.1 Å². The number of halogens is 11. The highest BCUT2D eigenvalue weighted by Crippen LogP contribution is 2.52. The monoisotopic (exact) mass is 504 g/mol. The molecule has 1 N–H and O–H groups in total. The molecule has 0 aliphatic rings. The Morgan fingerprint density at radius 3 is 1.77 bits per heavy atom. The molecule has 1 atom stereocenters. The minimum absolute atomic E-state index is 0.114. The molecule has 188 valence electrons. The Labute approximate surface area is 172 Å². The van der Waals surface area contributed by atoms with Gasteiger partial charge in [-0.1, -0.05) is 0 Å². The van der Waals surface area contributed by atoms with Crippen LogP contribution in [0.2, 0.25) is 0 Å². The maximum absolute atomic E-state index is 13.8. The van der Waals surface area contributed by atoms with Crippen LogP contribution >= 0.6 is 0 Å². The van der Waals surface area contributed by atoms with E-state index < -0.39 is 71.3 Å². The van der Waals surface area contributed by atoms with Gasteiger partial charge in [0, 0.05) is 18.9 Å². The first-order valence-corrected chi connectivity index (χ1v) is 10.4. The molecule has 0 rings (SSSR count). The molecule has 0 aromatic rings. The molecule has 0 aliphatic carbocycles. The maximum Gasteiger partial charge on any atom is 0.431 e. The van der Waals surface area contributed by atoms with Crippen LogP contribution in [0, 0.1) is 5.92 Å². The van der Waals surface area contributed by atoms with Gasteiger partial charge in [0.25, 0.3) is 5.92 Å². The molecule has 16 heteroatoms. The largest absolute Gasteiger partial charge is 0.431 e. The number of nitrogens with zero attached hydrogens (tertiary/aromatic N) is 1. The van der Waals surface area contributed by atoms with Crippen LogP contribution in [0.25, 0.3) is 0 Å². The molecule has 0 aromatic carbocycles. The predicted molar refractivity (Wildman–Crippen MR) is 89.2 cm³/mol. The van der Waals surface area contributed by atoms with Crippen molar-refractivity contribution in [1.29, 1.82) is 0 Å². The third-order valence-corrected chi connectivity index (χ3v) is 5.60. The van der Waals surface area contributed by atoms with Crippen molar-refractivity contribution in [3.05, 3.63) is 0 Å². The van der Waals surface area contributed by atoms with E-state index in [-0.39, 0.29) is 6.54 Å². The molecule has 0 fully saturated rings. The van der Waals surface area contributed by atoms with Crippen molar-refractivity contribution in [1.82, 2.24) is 9.62 Å². The Hall–Kier alpha value is -0.900. The summed E-state index contributed by atoms with van der Waals surface area (Å²) in [4.78, 5) is 1.70. The van der Waals surface area contributed by atoms with Crippen molar-refractivity contribution in [2.24, 2.45) is 5.92 Å². The average Bonchev–Trinajstić information content (AvgIpc) is 2.52. The molecule has 31 heavy (non-hydrogen) atoms.